The first-order valence-corrected chi connectivity index (χ1v) is 9.62. The number of benzene rings is 1. The fourth-order valence-electron chi connectivity index (χ4n) is 5.50. The van der Waals surface area contributed by atoms with E-state index in [1.807, 2.05) is 24.3 Å². The monoisotopic (exact) mass is 342 g/mol. The first kappa shape index (κ1) is 16.1. The molecule has 4 aliphatic carbocycles. The summed E-state index contributed by atoms with van der Waals surface area (Å²) in [4.78, 5) is 13.1. The van der Waals surface area contributed by atoms with Crippen molar-refractivity contribution in [3.05, 3.63) is 29.8 Å². The third-order valence-corrected chi connectivity index (χ3v) is 6.58. The van der Waals surface area contributed by atoms with Crippen LogP contribution in [0, 0.1) is 30.1 Å². The van der Waals surface area contributed by atoms with Crippen molar-refractivity contribution in [1.82, 2.24) is 5.32 Å². The summed E-state index contributed by atoms with van der Waals surface area (Å²) in [6.45, 7) is 2.06. The van der Waals surface area contributed by atoms with Crippen LogP contribution >= 0.6 is 12.2 Å². The summed E-state index contributed by atoms with van der Waals surface area (Å²) in [5, 5.41) is 6.59. The van der Waals surface area contributed by atoms with E-state index >= 15 is 0 Å². The van der Waals surface area contributed by atoms with Crippen LogP contribution < -0.4 is 10.6 Å². The van der Waals surface area contributed by atoms with Crippen molar-refractivity contribution < 1.29 is 4.79 Å². The number of hydrogen-bond donors (Lipinski definition) is 2. The molecule has 1 aromatic rings. The van der Waals surface area contributed by atoms with Gasteiger partial charge in [-0.2, -0.15) is 0 Å². The molecule has 4 bridgehead atoms. The van der Waals surface area contributed by atoms with Gasteiger partial charge in [0.2, 0.25) is 5.91 Å². The fourth-order valence-corrected chi connectivity index (χ4v) is 5.71. The van der Waals surface area contributed by atoms with E-state index in [-0.39, 0.29) is 11.3 Å². The average molecular weight is 343 g/mol. The van der Waals surface area contributed by atoms with Gasteiger partial charge < -0.3 is 10.6 Å². The maximum absolute atomic E-state index is 13.1. The smallest absolute Gasteiger partial charge is 0.232 e. The summed E-state index contributed by atoms with van der Waals surface area (Å²) >= 11 is 5.39. The minimum Gasteiger partial charge on any atom is -0.332 e. The van der Waals surface area contributed by atoms with E-state index in [4.69, 9.17) is 12.2 Å². The minimum atomic E-state index is -0.161. The van der Waals surface area contributed by atoms with Crippen molar-refractivity contribution in [2.75, 3.05) is 5.32 Å². The van der Waals surface area contributed by atoms with E-state index in [9.17, 15) is 4.79 Å². The summed E-state index contributed by atoms with van der Waals surface area (Å²) in [7, 11) is 0. The molecule has 1 amide bonds. The highest BCUT2D eigenvalue weighted by atomic mass is 32.1. The Balaban J connectivity index is 1.44. The summed E-state index contributed by atoms with van der Waals surface area (Å²) in [5.74, 6) is 2.42. The van der Waals surface area contributed by atoms with Gasteiger partial charge in [-0.15, -0.1) is 0 Å². The predicted octanol–water partition coefficient (Wildman–Crippen LogP) is 4.41. The molecule has 0 radical (unpaired) electrons. The molecule has 2 unspecified atom stereocenters. The van der Waals surface area contributed by atoms with Gasteiger partial charge in [-0.3, -0.25) is 4.79 Å². The highest BCUT2D eigenvalue weighted by Crippen LogP contribution is 2.57. The van der Waals surface area contributed by atoms with Gasteiger partial charge in [-0.05, 0) is 81.1 Å². The maximum Gasteiger partial charge on any atom is 0.232 e. The van der Waals surface area contributed by atoms with Crippen LogP contribution in [0.3, 0.4) is 0 Å². The number of fused-ring (bicyclic) bond motifs is 1. The molecule has 3 nitrogen and oxygen atoms in total. The lowest BCUT2D eigenvalue weighted by molar-refractivity contribution is -0.136. The fraction of sp³-hybridized carbons (Fsp3) is 0.600. The molecule has 24 heavy (non-hydrogen) atoms. The Bertz CT molecular complexity index is 638. The number of anilines is 1. The van der Waals surface area contributed by atoms with Crippen molar-refractivity contribution in [3.63, 3.8) is 0 Å². The molecular formula is C20H26N2OS. The van der Waals surface area contributed by atoms with E-state index in [0.717, 1.165) is 42.7 Å². The molecule has 4 heteroatoms. The topological polar surface area (TPSA) is 41.1 Å². The molecule has 0 aromatic heterocycles. The number of rotatable bonds is 2. The molecule has 0 heterocycles. The Morgan fingerprint density at radius 2 is 1.62 bits per heavy atom. The normalized spacial score (nSPS) is 33.8. The van der Waals surface area contributed by atoms with E-state index in [1.54, 1.807) is 0 Å². The van der Waals surface area contributed by atoms with Crippen LogP contribution in [-0.4, -0.2) is 11.0 Å². The molecule has 5 rings (SSSR count). The van der Waals surface area contributed by atoms with Gasteiger partial charge in [0.15, 0.2) is 5.11 Å². The third-order valence-electron chi connectivity index (χ3n) is 6.37. The highest BCUT2D eigenvalue weighted by molar-refractivity contribution is 7.80. The van der Waals surface area contributed by atoms with Crippen LogP contribution in [0.5, 0.6) is 0 Å². The van der Waals surface area contributed by atoms with Gasteiger partial charge in [-0.25, -0.2) is 0 Å². The van der Waals surface area contributed by atoms with Gasteiger partial charge in [-0.1, -0.05) is 30.5 Å². The lowest BCUT2D eigenvalue weighted by Crippen LogP contribution is -2.50. The second-order valence-corrected chi connectivity index (χ2v) is 8.72. The van der Waals surface area contributed by atoms with E-state index in [0.29, 0.717) is 5.11 Å². The van der Waals surface area contributed by atoms with E-state index in [2.05, 4.69) is 17.6 Å². The molecule has 0 saturated heterocycles. The van der Waals surface area contributed by atoms with Crippen LogP contribution in [-0.2, 0) is 4.79 Å². The van der Waals surface area contributed by atoms with E-state index < -0.39 is 0 Å². The molecule has 0 aliphatic heterocycles. The minimum absolute atomic E-state index is 0.161. The summed E-state index contributed by atoms with van der Waals surface area (Å²) in [6.07, 6.45) is 8.54. The molecular weight excluding hydrogens is 316 g/mol. The number of hydrogen-bond acceptors (Lipinski definition) is 2. The average Bonchev–Trinajstić information content (AvgIpc) is 2.75. The molecule has 4 atom stereocenters. The lowest BCUT2D eigenvalue weighted by Gasteiger charge is -2.47. The van der Waals surface area contributed by atoms with Crippen LogP contribution in [0.15, 0.2) is 24.3 Å². The van der Waals surface area contributed by atoms with E-state index in [1.165, 1.54) is 31.2 Å². The quantitative estimate of drug-likeness (QED) is 0.782. The SMILES string of the molecule is Cc1ccc(NC(=S)NC(=O)C23CC4C[C@@H](CC[C@@H](C4)C2)C3)cc1. The molecule has 1 aromatic carbocycles. The maximum atomic E-state index is 13.1. The van der Waals surface area contributed by atoms with Crippen molar-refractivity contribution in [1.29, 1.82) is 0 Å². The summed E-state index contributed by atoms with van der Waals surface area (Å²) < 4.78 is 0. The van der Waals surface area contributed by atoms with Crippen molar-refractivity contribution in [2.45, 2.75) is 51.9 Å². The number of thiocarbonyl (C=S) groups is 1. The van der Waals surface area contributed by atoms with Crippen molar-refractivity contribution in [3.8, 4) is 0 Å². The highest BCUT2D eigenvalue weighted by Gasteiger charge is 2.52. The molecule has 4 saturated carbocycles. The first-order valence-electron chi connectivity index (χ1n) is 9.21. The zero-order chi connectivity index (χ0) is 16.7. The second-order valence-electron chi connectivity index (χ2n) is 8.31. The van der Waals surface area contributed by atoms with Gasteiger partial charge in [0.05, 0.1) is 5.41 Å². The Morgan fingerprint density at radius 3 is 2.25 bits per heavy atom. The van der Waals surface area contributed by atoms with Crippen molar-refractivity contribution >= 4 is 28.9 Å². The van der Waals surface area contributed by atoms with Gasteiger partial charge in [0, 0.05) is 5.69 Å². The van der Waals surface area contributed by atoms with Crippen LogP contribution in [0.4, 0.5) is 5.69 Å². The molecule has 4 fully saturated rings. The molecule has 2 N–H and O–H groups in total. The van der Waals surface area contributed by atoms with Gasteiger partial charge in [0.1, 0.15) is 0 Å². The van der Waals surface area contributed by atoms with Crippen LogP contribution in [0.25, 0.3) is 0 Å². The second kappa shape index (κ2) is 6.14. The predicted molar refractivity (Wildman–Crippen MR) is 101 cm³/mol. The molecule has 0 spiro atoms. The number of amides is 1. The number of aryl methyl sites for hydroxylation is 1. The van der Waals surface area contributed by atoms with Crippen LogP contribution in [0.2, 0.25) is 0 Å². The Morgan fingerprint density at radius 1 is 1.04 bits per heavy atom. The largest absolute Gasteiger partial charge is 0.332 e. The first-order chi connectivity index (χ1) is 11.5. The van der Waals surface area contributed by atoms with Gasteiger partial charge in [0.25, 0.3) is 0 Å². The number of carbonyl (C=O) groups is 1. The summed E-state index contributed by atoms with van der Waals surface area (Å²) in [6, 6.07) is 8.05. The Hall–Kier alpha value is -1.42. The third kappa shape index (κ3) is 3.08. The van der Waals surface area contributed by atoms with Gasteiger partial charge >= 0.3 is 0 Å². The lowest BCUT2D eigenvalue weighted by atomic mass is 9.58. The number of carbonyl (C=O) groups excluding carboxylic acids is 1. The van der Waals surface area contributed by atoms with Crippen LogP contribution in [0.1, 0.15) is 50.5 Å². The Labute approximate surface area is 149 Å². The molecule has 128 valence electrons. The molecule has 4 aliphatic rings. The number of nitrogens with one attached hydrogen (secondary N) is 2. The summed E-state index contributed by atoms with van der Waals surface area (Å²) in [5.41, 5.74) is 1.97. The zero-order valence-corrected chi connectivity index (χ0v) is 15.1. The van der Waals surface area contributed by atoms with Crippen molar-refractivity contribution in [2.24, 2.45) is 23.2 Å². The standard InChI is InChI=1S/C20H26N2OS/c1-13-2-6-17(7-3-13)21-19(24)22-18(23)20-10-14-4-5-15(11-20)9-16(8-14)12-20/h2-3,6-7,14-16H,4-5,8-12H2,1H3,(H2,21,22,23,24)/t14-,15+,16?,20?. The zero-order valence-electron chi connectivity index (χ0n) is 14.3. The Kier molecular flexibility index (Phi) is 4.11.